The van der Waals surface area contributed by atoms with E-state index in [9.17, 15) is 27.6 Å². The first-order valence-corrected chi connectivity index (χ1v) is 20.7. The average Bonchev–Trinajstić information content (AvgIpc) is 4.06. The van der Waals surface area contributed by atoms with Gasteiger partial charge in [0.15, 0.2) is 5.78 Å². The Bertz CT molecular complexity index is 1840. The summed E-state index contributed by atoms with van der Waals surface area (Å²) in [6.45, 7) is 6.30. The fraction of sp³-hybridized carbons (Fsp3) is 0.625. The first kappa shape index (κ1) is 36.6. The van der Waals surface area contributed by atoms with Crippen molar-refractivity contribution in [1.29, 1.82) is 0 Å². The quantitative estimate of drug-likeness (QED) is 0.276. The molecule has 0 radical (unpaired) electrons. The van der Waals surface area contributed by atoms with Crippen molar-refractivity contribution in [2.24, 2.45) is 29.1 Å². The molecule has 4 fully saturated rings. The Labute approximate surface area is 306 Å². The van der Waals surface area contributed by atoms with Gasteiger partial charge >= 0.3 is 5.97 Å². The van der Waals surface area contributed by atoms with Gasteiger partial charge in [-0.3, -0.25) is 23.9 Å². The highest BCUT2D eigenvalue weighted by molar-refractivity contribution is 7.90. The summed E-state index contributed by atoms with van der Waals surface area (Å²) in [6, 6.07) is 7.24. The van der Waals surface area contributed by atoms with Crippen LogP contribution in [0, 0.1) is 29.1 Å². The molecule has 4 bridgehead atoms. The Morgan fingerprint density at radius 1 is 1.08 bits per heavy atom. The van der Waals surface area contributed by atoms with Crippen LogP contribution in [0.1, 0.15) is 96.0 Å². The standard InChI is InChI=1S/C40H51N3O8S/c1-3-29-21-40(29,39(47)42-52(48,49)31-14-15-31)22-35(44)34-19-30-23-43(34)38(46)33(27-10-5-4-6-11-27)20-36(45)50-24-25(2)8-7-9-26-12-13-28-16-17-41-37(51-30)32(28)18-26/h3,12-13,16-18,25,27,29-31,33-34H,1,4-11,14-15,19-24H2,2H3,(H,42,47)/t25-,29-,30+,33-,34-,40+/m0/s1. The van der Waals surface area contributed by atoms with Gasteiger partial charge in [-0.1, -0.05) is 44.4 Å². The van der Waals surface area contributed by atoms with Gasteiger partial charge in [0.1, 0.15) is 6.10 Å². The number of hydrogen-bond donors (Lipinski definition) is 1. The third kappa shape index (κ3) is 7.77. The van der Waals surface area contributed by atoms with Crippen LogP contribution < -0.4 is 9.46 Å². The smallest absolute Gasteiger partial charge is 0.306 e. The molecule has 11 nitrogen and oxygen atoms in total. The fourth-order valence-corrected chi connectivity index (χ4v) is 10.1. The molecule has 5 aliphatic rings. The molecule has 6 atom stereocenters. The molecule has 2 aliphatic heterocycles. The van der Waals surface area contributed by atoms with Crippen molar-refractivity contribution in [3.8, 4) is 5.88 Å². The number of pyridine rings is 1. The minimum absolute atomic E-state index is 0.0241. The van der Waals surface area contributed by atoms with E-state index in [-0.39, 0.29) is 61.9 Å². The second kappa shape index (κ2) is 14.9. The van der Waals surface area contributed by atoms with Crippen molar-refractivity contribution < 1.29 is 37.1 Å². The minimum Gasteiger partial charge on any atom is -0.472 e. The summed E-state index contributed by atoms with van der Waals surface area (Å²) in [5.74, 6) is -2.17. The lowest BCUT2D eigenvalue weighted by Gasteiger charge is -2.34. The molecule has 12 heteroatoms. The van der Waals surface area contributed by atoms with Gasteiger partial charge in [-0.05, 0) is 92.2 Å². The molecule has 2 amide bonds. The zero-order chi connectivity index (χ0) is 36.6. The summed E-state index contributed by atoms with van der Waals surface area (Å²) >= 11 is 0. The number of rotatable bonds is 8. The number of carbonyl (C=O) groups excluding carboxylic acids is 4. The number of ketones is 1. The van der Waals surface area contributed by atoms with E-state index in [2.05, 4.69) is 35.3 Å². The molecular weight excluding hydrogens is 683 g/mol. The van der Waals surface area contributed by atoms with Gasteiger partial charge in [0.05, 0.1) is 42.2 Å². The number of aromatic nitrogens is 1. The van der Waals surface area contributed by atoms with Crippen molar-refractivity contribution in [3.05, 3.63) is 48.7 Å². The normalized spacial score (nSPS) is 30.6. The molecule has 1 N–H and O–H groups in total. The van der Waals surface area contributed by atoms with Crippen LogP contribution in [0.25, 0.3) is 10.8 Å². The number of sulfonamides is 1. The van der Waals surface area contributed by atoms with Crippen molar-refractivity contribution in [2.75, 3.05) is 13.2 Å². The number of nitrogens with zero attached hydrogens (tertiary/aromatic N) is 2. The molecule has 2 aromatic rings. The van der Waals surface area contributed by atoms with Crippen LogP contribution >= 0.6 is 0 Å². The predicted molar refractivity (Wildman–Crippen MR) is 194 cm³/mol. The van der Waals surface area contributed by atoms with E-state index in [4.69, 9.17) is 9.47 Å². The number of fused-ring (bicyclic) bond motifs is 3. The number of allylic oxidation sites excluding steroid dienone is 1. The van der Waals surface area contributed by atoms with E-state index in [0.717, 1.165) is 67.7 Å². The van der Waals surface area contributed by atoms with Crippen LogP contribution in [-0.2, 0) is 40.4 Å². The largest absolute Gasteiger partial charge is 0.472 e. The van der Waals surface area contributed by atoms with Crippen LogP contribution in [0.4, 0.5) is 0 Å². The Hall–Kier alpha value is -3.80. The SMILES string of the molecule is C=C[C@H]1C[C@]1(CC(=O)[C@@H]1C[C@@H]2CN1C(=O)[C@H](C1CCCCC1)CC(=O)OC[C@@H](C)CCCc1ccc3ccnc(c3c1)O2)C(=O)NS(=O)(=O)C1CC1. The van der Waals surface area contributed by atoms with Gasteiger partial charge < -0.3 is 14.4 Å². The Balaban J connectivity index is 1.21. The van der Waals surface area contributed by atoms with Crippen LogP contribution in [0.15, 0.2) is 43.1 Å². The Morgan fingerprint density at radius 3 is 2.60 bits per heavy atom. The Kier molecular flexibility index (Phi) is 10.5. The summed E-state index contributed by atoms with van der Waals surface area (Å²) in [5.41, 5.74) is -0.117. The number of Topliss-reactive ketones (excluding diaryl/α,β-unsaturated/α-hetero) is 1. The molecule has 1 aromatic heterocycles. The Morgan fingerprint density at radius 2 is 1.87 bits per heavy atom. The summed E-state index contributed by atoms with van der Waals surface area (Å²) in [6.07, 6.45) is 11.2. The summed E-state index contributed by atoms with van der Waals surface area (Å²) in [7, 11) is -3.83. The van der Waals surface area contributed by atoms with Gasteiger partial charge in [-0.15, -0.1) is 6.58 Å². The molecule has 280 valence electrons. The average molecular weight is 734 g/mol. The second-order valence-corrected chi connectivity index (χ2v) is 18.0. The van der Waals surface area contributed by atoms with Crippen LogP contribution in [0.3, 0.4) is 0 Å². The van der Waals surface area contributed by atoms with Crippen molar-refractivity contribution in [1.82, 2.24) is 14.6 Å². The minimum atomic E-state index is -3.83. The van der Waals surface area contributed by atoms with Gasteiger partial charge in [-0.2, -0.15) is 0 Å². The molecule has 0 unspecified atom stereocenters. The number of esters is 1. The van der Waals surface area contributed by atoms with E-state index in [1.54, 1.807) is 17.2 Å². The number of cyclic esters (lactones) is 1. The third-order valence-electron chi connectivity index (χ3n) is 12.2. The first-order chi connectivity index (χ1) is 25.0. The second-order valence-electron chi connectivity index (χ2n) is 16.1. The number of amides is 2. The maximum Gasteiger partial charge on any atom is 0.306 e. The van der Waals surface area contributed by atoms with E-state index < -0.39 is 50.6 Å². The first-order valence-electron chi connectivity index (χ1n) is 19.2. The molecule has 52 heavy (non-hydrogen) atoms. The molecule has 0 spiro atoms. The van der Waals surface area contributed by atoms with Gasteiger partial charge in [0.25, 0.3) is 0 Å². The van der Waals surface area contributed by atoms with E-state index >= 15 is 0 Å². The van der Waals surface area contributed by atoms with Crippen LogP contribution in [0.5, 0.6) is 5.88 Å². The van der Waals surface area contributed by atoms with Gasteiger partial charge in [-0.25, -0.2) is 13.4 Å². The molecule has 3 aliphatic carbocycles. The van der Waals surface area contributed by atoms with E-state index in [0.29, 0.717) is 25.1 Å². The van der Waals surface area contributed by atoms with Crippen molar-refractivity contribution in [2.45, 2.75) is 114 Å². The molecule has 3 heterocycles. The lowest BCUT2D eigenvalue weighted by atomic mass is 9.77. The van der Waals surface area contributed by atoms with Gasteiger partial charge in [0, 0.05) is 24.4 Å². The zero-order valence-electron chi connectivity index (χ0n) is 30.1. The number of carbonyl (C=O) groups is 4. The molecule has 1 saturated heterocycles. The third-order valence-corrected chi connectivity index (χ3v) is 14.0. The number of hydrogen-bond acceptors (Lipinski definition) is 9. The summed E-state index contributed by atoms with van der Waals surface area (Å²) in [5, 5.41) is 1.24. The van der Waals surface area contributed by atoms with Crippen LogP contribution in [0.2, 0.25) is 0 Å². The lowest BCUT2D eigenvalue weighted by molar-refractivity contribution is -0.153. The fourth-order valence-electron chi connectivity index (χ4n) is 8.75. The number of benzene rings is 1. The van der Waals surface area contributed by atoms with Crippen molar-refractivity contribution in [3.63, 3.8) is 0 Å². The van der Waals surface area contributed by atoms with Crippen LogP contribution in [-0.4, -0.2) is 72.4 Å². The highest BCUT2D eigenvalue weighted by Gasteiger charge is 2.61. The topological polar surface area (TPSA) is 149 Å². The molecule has 1 aromatic carbocycles. The summed E-state index contributed by atoms with van der Waals surface area (Å²) in [4.78, 5) is 62.4. The maximum atomic E-state index is 14.8. The number of nitrogens with one attached hydrogen (secondary N) is 1. The van der Waals surface area contributed by atoms with E-state index in [1.165, 1.54) is 0 Å². The van der Waals surface area contributed by atoms with Crippen molar-refractivity contribution >= 4 is 44.4 Å². The van der Waals surface area contributed by atoms with Gasteiger partial charge in [0.2, 0.25) is 27.7 Å². The predicted octanol–water partition coefficient (Wildman–Crippen LogP) is 5.45. The highest BCUT2D eigenvalue weighted by Crippen LogP contribution is 2.57. The molecule has 3 saturated carbocycles. The number of ether oxygens (including phenoxy) is 2. The molecule has 7 rings (SSSR count). The summed E-state index contributed by atoms with van der Waals surface area (Å²) < 4.78 is 40.1. The van der Waals surface area contributed by atoms with E-state index in [1.807, 2.05) is 12.1 Å². The maximum absolute atomic E-state index is 14.8. The number of aryl methyl sites for hydroxylation is 1. The highest BCUT2D eigenvalue weighted by atomic mass is 32.2. The monoisotopic (exact) mass is 733 g/mol. The lowest BCUT2D eigenvalue weighted by Crippen LogP contribution is -2.48. The molecular formula is C40H51N3O8S. The zero-order valence-corrected chi connectivity index (χ0v) is 30.9.